The summed E-state index contributed by atoms with van der Waals surface area (Å²) < 4.78 is 8.88. The Morgan fingerprint density at radius 1 is 1.09 bits per heavy atom. The van der Waals surface area contributed by atoms with Gasteiger partial charge in [0.05, 0.1) is 5.69 Å². The van der Waals surface area contributed by atoms with Gasteiger partial charge in [0, 0.05) is 30.5 Å². The maximum absolute atomic E-state index is 12.7. The lowest BCUT2D eigenvalue weighted by Crippen LogP contribution is -2.26. The largest absolute Gasteiger partial charge is 0.471 e. The predicted octanol–water partition coefficient (Wildman–Crippen LogP) is 3.80. The summed E-state index contributed by atoms with van der Waals surface area (Å²) in [5.41, 5.74) is 2.55. The fourth-order valence-electron chi connectivity index (χ4n) is 3.04. The van der Waals surface area contributed by atoms with E-state index in [-0.39, 0.29) is 24.0 Å². The van der Waals surface area contributed by atoms with Gasteiger partial charge in [-0.2, -0.15) is 10.2 Å². The van der Waals surface area contributed by atoms with Crippen LogP contribution in [0.3, 0.4) is 0 Å². The third-order valence-electron chi connectivity index (χ3n) is 4.73. The molecule has 32 heavy (non-hydrogen) atoms. The Hall–Kier alpha value is -3.33. The minimum Gasteiger partial charge on any atom is -0.471 e. The topological polar surface area (TPSA) is 103 Å². The zero-order valence-corrected chi connectivity index (χ0v) is 19.4. The molecule has 0 saturated heterocycles. The number of halogens is 1. The molecule has 2 aromatic heterocycles. The van der Waals surface area contributed by atoms with E-state index in [4.69, 9.17) is 16.3 Å². The van der Waals surface area contributed by atoms with E-state index in [0.29, 0.717) is 29.5 Å². The van der Waals surface area contributed by atoms with E-state index in [1.165, 1.54) is 4.68 Å². The van der Waals surface area contributed by atoms with E-state index in [1.807, 2.05) is 39.8 Å². The molecule has 0 fully saturated rings. The first kappa shape index (κ1) is 23.3. The Bertz CT molecular complexity index is 1100. The van der Waals surface area contributed by atoms with Crippen molar-refractivity contribution in [2.45, 2.75) is 47.4 Å². The molecule has 3 aromatic rings. The molecule has 0 aliphatic heterocycles. The summed E-state index contributed by atoms with van der Waals surface area (Å²) >= 11 is 6.19. The molecule has 2 heterocycles. The number of rotatable bonds is 9. The third-order valence-corrected chi connectivity index (χ3v) is 5.33. The standard InChI is InChI=1S/C22H27ClN6O3/c1-5-8-24-22(31)20-18(12-28(6-2)27-20)25-21(30)17-7-9-29(26-17)13-32-16-10-14(3)19(23)15(4)11-16/h7,9-12H,5-6,8,13H2,1-4H3,(H,24,31)(H,25,30). The first-order valence-electron chi connectivity index (χ1n) is 10.4. The van der Waals surface area contributed by atoms with Crippen molar-refractivity contribution >= 4 is 29.1 Å². The molecule has 0 saturated carbocycles. The zero-order chi connectivity index (χ0) is 23.3. The number of benzene rings is 1. The van der Waals surface area contributed by atoms with Crippen molar-refractivity contribution in [3.63, 3.8) is 0 Å². The third kappa shape index (κ3) is 5.47. The number of amides is 2. The van der Waals surface area contributed by atoms with Crippen LogP contribution in [-0.4, -0.2) is 37.9 Å². The van der Waals surface area contributed by atoms with Crippen molar-refractivity contribution in [3.05, 3.63) is 58.1 Å². The summed E-state index contributed by atoms with van der Waals surface area (Å²) in [6, 6.07) is 5.28. The number of carbonyl (C=O) groups is 2. The monoisotopic (exact) mass is 458 g/mol. The number of nitrogens with one attached hydrogen (secondary N) is 2. The van der Waals surface area contributed by atoms with Crippen LogP contribution in [0.4, 0.5) is 5.69 Å². The van der Waals surface area contributed by atoms with Gasteiger partial charge in [-0.1, -0.05) is 18.5 Å². The van der Waals surface area contributed by atoms with E-state index < -0.39 is 5.91 Å². The average Bonchev–Trinajstić information content (AvgIpc) is 3.41. The SMILES string of the molecule is CCCNC(=O)c1nn(CC)cc1NC(=O)c1ccn(COc2cc(C)c(Cl)c(C)c2)n1. The van der Waals surface area contributed by atoms with Crippen LogP contribution >= 0.6 is 11.6 Å². The molecule has 0 bridgehead atoms. The Morgan fingerprint density at radius 3 is 2.47 bits per heavy atom. The molecule has 0 aliphatic carbocycles. The van der Waals surface area contributed by atoms with Gasteiger partial charge in [0.2, 0.25) is 0 Å². The molecule has 0 spiro atoms. The second-order valence-electron chi connectivity index (χ2n) is 7.34. The second-order valence-corrected chi connectivity index (χ2v) is 7.72. The molecule has 3 rings (SSSR count). The molecular weight excluding hydrogens is 432 g/mol. The number of aryl methyl sites for hydroxylation is 3. The summed E-state index contributed by atoms with van der Waals surface area (Å²) in [4.78, 5) is 25.1. The van der Waals surface area contributed by atoms with Crippen molar-refractivity contribution in [2.75, 3.05) is 11.9 Å². The second kappa shape index (κ2) is 10.3. The van der Waals surface area contributed by atoms with Crippen molar-refractivity contribution in [1.29, 1.82) is 0 Å². The lowest BCUT2D eigenvalue weighted by Gasteiger charge is -2.10. The van der Waals surface area contributed by atoms with Gasteiger partial charge in [-0.05, 0) is 56.5 Å². The first-order chi connectivity index (χ1) is 15.3. The van der Waals surface area contributed by atoms with Gasteiger partial charge in [-0.15, -0.1) is 0 Å². The molecular formula is C22H27ClN6O3. The normalized spacial score (nSPS) is 10.8. The highest BCUT2D eigenvalue weighted by atomic mass is 35.5. The van der Waals surface area contributed by atoms with E-state index >= 15 is 0 Å². The smallest absolute Gasteiger partial charge is 0.276 e. The number of hydrogen-bond donors (Lipinski definition) is 2. The molecule has 0 radical (unpaired) electrons. The Kier molecular flexibility index (Phi) is 7.53. The van der Waals surface area contributed by atoms with Crippen molar-refractivity contribution in [1.82, 2.24) is 24.9 Å². The van der Waals surface area contributed by atoms with Gasteiger partial charge in [0.25, 0.3) is 11.8 Å². The van der Waals surface area contributed by atoms with E-state index in [1.54, 1.807) is 23.1 Å². The van der Waals surface area contributed by atoms with E-state index in [9.17, 15) is 9.59 Å². The van der Waals surface area contributed by atoms with Gasteiger partial charge >= 0.3 is 0 Å². The van der Waals surface area contributed by atoms with Crippen LogP contribution < -0.4 is 15.4 Å². The Balaban J connectivity index is 1.67. The molecule has 0 aliphatic rings. The number of nitrogens with zero attached hydrogens (tertiary/aromatic N) is 4. The lowest BCUT2D eigenvalue weighted by atomic mass is 10.1. The fraction of sp³-hybridized carbons (Fsp3) is 0.364. The average molecular weight is 459 g/mol. The maximum Gasteiger partial charge on any atom is 0.276 e. The van der Waals surface area contributed by atoms with E-state index in [2.05, 4.69) is 20.8 Å². The molecule has 10 heteroatoms. The van der Waals surface area contributed by atoms with E-state index in [0.717, 1.165) is 17.5 Å². The maximum atomic E-state index is 12.7. The van der Waals surface area contributed by atoms with Gasteiger partial charge in [-0.25, -0.2) is 4.68 Å². The van der Waals surface area contributed by atoms with Crippen LogP contribution in [0, 0.1) is 13.8 Å². The molecule has 170 valence electrons. The van der Waals surface area contributed by atoms with Crippen LogP contribution in [-0.2, 0) is 13.3 Å². The predicted molar refractivity (Wildman–Crippen MR) is 122 cm³/mol. The summed E-state index contributed by atoms with van der Waals surface area (Å²) in [7, 11) is 0. The van der Waals surface area contributed by atoms with Crippen molar-refractivity contribution < 1.29 is 14.3 Å². The van der Waals surface area contributed by atoms with Crippen molar-refractivity contribution in [3.8, 4) is 5.75 Å². The minimum absolute atomic E-state index is 0.131. The highest BCUT2D eigenvalue weighted by Gasteiger charge is 2.20. The summed E-state index contributed by atoms with van der Waals surface area (Å²) in [5.74, 6) is -0.107. The quantitative estimate of drug-likeness (QED) is 0.507. The summed E-state index contributed by atoms with van der Waals surface area (Å²) in [5, 5.41) is 14.7. The number of aromatic nitrogens is 4. The highest BCUT2D eigenvalue weighted by Crippen LogP contribution is 2.26. The Morgan fingerprint density at radius 2 is 1.81 bits per heavy atom. The number of ether oxygens (including phenoxy) is 1. The number of anilines is 1. The van der Waals surface area contributed by atoms with Crippen LogP contribution in [0.15, 0.2) is 30.6 Å². The molecule has 0 atom stereocenters. The minimum atomic E-state index is -0.442. The van der Waals surface area contributed by atoms with Gasteiger partial charge < -0.3 is 15.4 Å². The van der Waals surface area contributed by atoms with Crippen LogP contribution in [0.25, 0.3) is 0 Å². The Labute approximate surface area is 191 Å². The van der Waals surface area contributed by atoms with Crippen LogP contribution in [0.5, 0.6) is 5.75 Å². The number of carbonyl (C=O) groups excluding carboxylic acids is 2. The first-order valence-corrected chi connectivity index (χ1v) is 10.8. The van der Waals surface area contributed by atoms with Gasteiger partial charge in [0.1, 0.15) is 5.75 Å². The molecule has 9 nitrogen and oxygen atoms in total. The van der Waals surface area contributed by atoms with Gasteiger partial charge in [0.15, 0.2) is 18.1 Å². The summed E-state index contributed by atoms with van der Waals surface area (Å²) in [6.07, 6.45) is 4.08. The molecule has 2 N–H and O–H groups in total. The summed E-state index contributed by atoms with van der Waals surface area (Å²) in [6.45, 7) is 8.92. The molecule has 0 unspecified atom stereocenters. The molecule has 1 aromatic carbocycles. The van der Waals surface area contributed by atoms with Crippen molar-refractivity contribution in [2.24, 2.45) is 0 Å². The fourth-order valence-corrected chi connectivity index (χ4v) is 3.15. The number of hydrogen-bond acceptors (Lipinski definition) is 5. The zero-order valence-electron chi connectivity index (χ0n) is 18.6. The lowest BCUT2D eigenvalue weighted by molar-refractivity contribution is 0.0948. The van der Waals surface area contributed by atoms with Crippen LogP contribution in [0.2, 0.25) is 5.02 Å². The van der Waals surface area contributed by atoms with Gasteiger partial charge in [-0.3, -0.25) is 14.3 Å². The van der Waals surface area contributed by atoms with Crippen LogP contribution in [0.1, 0.15) is 52.4 Å². The highest BCUT2D eigenvalue weighted by molar-refractivity contribution is 6.32. The molecule has 2 amide bonds.